The topological polar surface area (TPSA) is 66.0 Å². The standard InChI is InChI=1S/C22H33F3N4O2/c1-6-19(30)29-11-10-16(14-29)28-20(26-7-2)27-13-15-8-9-17(31-21(3,4)5)12-18(15)22(23,24)25/h8-9,12,16H,6-7,10-11,13-14H2,1-5H3,(H2,26,27,28). The van der Waals surface area contributed by atoms with Crippen LogP contribution in [0.25, 0.3) is 0 Å². The lowest BCUT2D eigenvalue weighted by Crippen LogP contribution is -2.45. The highest BCUT2D eigenvalue weighted by atomic mass is 19.4. The summed E-state index contributed by atoms with van der Waals surface area (Å²) in [7, 11) is 0. The molecule has 0 saturated carbocycles. The van der Waals surface area contributed by atoms with Gasteiger partial charge in [0, 0.05) is 32.1 Å². The van der Waals surface area contributed by atoms with Gasteiger partial charge in [0.25, 0.3) is 0 Å². The molecule has 174 valence electrons. The fraction of sp³-hybridized carbons (Fsp3) is 0.636. The molecule has 1 heterocycles. The van der Waals surface area contributed by atoms with Crippen molar-refractivity contribution in [3.05, 3.63) is 29.3 Å². The van der Waals surface area contributed by atoms with E-state index in [1.807, 2.05) is 13.8 Å². The second kappa shape index (κ2) is 10.2. The second-order valence-corrected chi connectivity index (χ2v) is 8.55. The van der Waals surface area contributed by atoms with Gasteiger partial charge in [-0.05, 0) is 51.8 Å². The highest BCUT2D eigenvalue weighted by Gasteiger charge is 2.34. The number of likely N-dealkylation sites (tertiary alicyclic amines) is 1. The lowest BCUT2D eigenvalue weighted by atomic mass is 10.1. The predicted octanol–water partition coefficient (Wildman–Crippen LogP) is 3.95. The Labute approximate surface area is 182 Å². The predicted molar refractivity (Wildman–Crippen MR) is 115 cm³/mol. The lowest BCUT2D eigenvalue weighted by Gasteiger charge is -2.23. The van der Waals surface area contributed by atoms with Crippen LogP contribution in [0.4, 0.5) is 13.2 Å². The van der Waals surface area contributed by atoms with Crippen molar-refractivity contribution in [2.45, 2.75) is 71.8 Å². The van der Waals surface area contributed by atoms with E-state index in [1.54, 1.807) is 25.7 Å². The highest BCUT2D eigenvalue weighted by molar-refractivity contribution is 5.80. The maximum absolute atomic E-state index is 13.6. The average Bonchev–Trinajstić information content (AvgIpc) is 3.13. The van der Waals surface area contributed by atoms with Gasteiger partial charge < -0.3 is 20.3 Å². The second-order valence-electron chi connectivity index (χ2n) is 8.55. The van der Waals surface area contributed by atoms with E-state index < -0.39 is 17.3 Å². The molecular formula is C22H33F3N4O2. The largest absolute Gasteiger partial charge is 0.488 e. The van der Waals surface area contributed by atoms with E-state index in [0.717, 1.165) is 12.5 Å². The van der Waals surface area contributed by atoms with Gasteiger partial charge in [0.2, 0.25) is 5.91 Å². The molecule has 0 radical (unpaired) electrons. The van der Waals surface area contributed by atoms with Gasteiger partial charge in [-0.25, -0.2) is 4.99 Å². The van der Waals surface area contributed by atoms with Crippen LogP contribution in [-0.2, 0) is 17.5 Å². The maximum Gasteiger partial charge on any atom is 0.416 e. The zero-order valence-electron chi connectivity index (χ0n) is 18.9. The molecule has 1 saturated heterocycles. The molecule has 1 aliphatic heterocycles. The molecule has 6 nitrogen and oxygen atoms in total. The molecule has 2 rings (SSSR count). The molecule has 0 spiro atoms. The molecule has 1 atom stereocenters. The Morgan fingerprint density at radius 1 is 1.26 bits per heavy atom. The van der Waals surface area contributed by atoms with Crippen LogP contribution in [-0.4, -0.2) is 48.0 Å². The number of hydrogen-bond donors (Lipinski definition) is 2. The molecule has 0 bridgehead atoms. The number of nitrogens with one attached hydrogen (secondary N) is 2. The van der Waals surface area contributed by atoms with E-state index in [1.165, 1.54) is 12.1 Å². The third kappa shape index (κ3) is 7.63. The lowest BCUT2D eigenvalue weighted by molar-refractivity contribution is -0.138. The number of aliphatic imine (C=N–C) groups is 1. The molecular weight excluding hydrogens is 409 g/mol. The third-order valence-electron chi connectivity index (χ3n) is 4.75. The third-order valence-corrected chi connectivity index (χ3v) is 4.75. The Morgan fingerprint density at radius 2 is 1.97 bits per heavy atom. The van der Waals surface area contributed by atoms with Gasteiger partial charge in [0.1, 0.15) is 11.4 Å². The van der Waals surface area contributed by atoms with E-state index in [2.05, 4.69) is 15.6 Å². The van der Waals surface area contributed by atoms with Crippen molar-refractivity contribution in [3.63, 3.8) is 0 Å². The summed E-state index contributed by atoms with van der Waals surface area (Å²) < 4.78 is 46.5. The molecule has 1 aromatic rings. The average molecular weight is 443 g/mol. The van der Waals surface area contributed by atoms with Gasteiger partial charge in [-0.2, -0.15) is 13.2 Å². The number of rotatable bonds is 6. The Morgan fingerprint density at radius 3 is 2.55 bits per heavy atom. The number of carbonyl (C=O) groups excluding carboxylic acids is 1. The number of ether oxygens (including phenoxy) is 1. The van der Waals surface area contributed by atoms with Crippen molar-refractivity contribution < 1.29 is 22.7 Å². The number of carbonyl (C=O) groups is 1. The van der Waals surface area contributed by atoms with E-state index in [4.69, 9.17) is 4.74 Å². The molecule has 1 unspecified atom stereocenters. The Balaban J connectivity index is 2.17. The molecule has 31 heavy (non-hydrogen) atoms. The Bertz CT molecular complexity index is 788. The summed E-state index contributed by atoms with van der Waals surface area (Å²) in [5, 5.41) is 6.30. The van der Waals surface area contributed by atoms with Crippen LogP contribution >= 0.6 is 0 Å². The Kier molecular flexibility index (Phi) is 8.20. The first kappa shape index (κ1) is 24.8. The molecule has 1 amide bonds. The summed E-state index contributed by atoms with van der Waals surface area (Å²) in [6.07, 6.45) is -3.29. The van der Waals surface area contributed by atoms with Crippen molar-refractivity contribution in [2.75, 3.05) is 19.6 Å². The molecule has 1 aliphatic rings. The molecule has 1 aromatic carbocycles. The van der Waals surface area contributed by atoms with Crippen LogP contribution in [0.15, 0.2) is 23.2 Å². The summed E-state index contributed by atoms with van der Waals surface area (Å²) in [4.78, 5) is 18.0. The summed E-state index contributed by atoms with van der Waals surface area (Å²) in [6, 6.07) is 3.99. The number of benzene rings is 1. The maximum atomic E-state index is 13.6. The van der Waals surface area contributed by atoms with Gasteiger partial charge in [-0.15, -0.1) is 0 Å². The van der Waals surface area contributed by atoms with Gasteiger partial charge in [0.15, 0.2) is 5.96 Å². The van der Waals surface area contributed by atoms with Crippen molar-refractivity contribution in [2.24, 2.45) is 4.99 Å². The van der Waals surface area contributed by atoms with Crippen molar-refractivity contribution >= 4 is 11.9 Å². The van der Waals surface area contributed by atoms with Gasteiger partial charge >= 0.3 is 6.18 Å². The van der Waals surface area contributed by atoms with Crippen LogP contribution in [0, 0.1) is 0 Å². The first-order valence-electron chi connectivity index (χ1n) is 10.6. The number of halogens is 3. The summed E-state index contributed by atoms with van der Waals surface area (Å²) in [5.41, 5.74) is -1.28. The van der Waals surface area contributed by atoms with Gasteiger partial charge in [0.05, 0.1) is 12.1 Å². The van der Waals surface area contributed by atoms with Crippen molar-refractivity contribution in [1.29, 1.82) is 0 Å². The van der Waals surface area contributed by atoms with E-state index in [9.17, 15) is 18.0 Å². The van der Waals surface area contributed by atoms with Crippen LogP contribution in [0.3, 0.4) is 0 Å². The first-order valence-corrected chi connectivity index (χ1v) is 10.6. The van der Waals surface area contributed by atoms with E-state index in [-0.39, 0.29) is 29.8 Å². The van der Waals surface area contributed by atoms with Crippen molar-refractivity contribution in [3.8, 4) is 5.75 Å². The van der Waals surface area contributed by atoms with Crippen molar-refractivity contribution in [1.82, 2.24) is 15.5 Å². The fourth-order valence-corrected chi connectivity index (χ4v) is 3.38. The van der Waals surface area contributed by atoms with Crippen LogP contribution < -0.4 is 15.4 Å². The minimum absolute atomic E-state index is 0.0120. The number of hydrogen-bond acceptors (Lipinski definition) is 3. The van der Waals surface area contributed by atoms with E-state index in [0.29, 0.717) is 32.0 Å². The molecule has 0 aliphatic carbocycles. The highest BCUT2D eigenvalue weighted by Crippen LogP contribution is 2.35. The zero-order chi connectivity index (χ0) is 23.2. The number of amides is 1. The van der Waals surface area contributed by atoms with Crippen LogP contribution in [0.2, 0.25) is 0 Å². The number of nitrogens with zero attached hydrogens (tertiary/aromatic N) is 2. The summed E-state index contributed by atoms with van der Waals surface area (Å²) in [5.74, 6) is 0.698. The van der Waals surface area contributed by atoms with Crippen LogP contribution in [0.1, 0.15) is 58.6 Å². The normalized spacial score (nSPS) is 17.6. The molecule has 1 fully saturated rings. The number of guanidine groups is 1. The molecule has 0 aromatic heterocycles. The van der Waals surface area contributed by atoms with Gasteiger partial charge in [-0.3, -0.25) is 4.79 Å². The van der Waals surface area contributed by atoms with Gasteiger partial charge in [-0.1, -0.05) is 13.0 Å². The first-order chi connectivity index (χ1) is 14.4. The smallest absolute Gasteiger partial charge is 0.416 e. The summed E-state index contributed by atoms with van der Waals surface area (Å²) in [6.45, 7) is 10.7. The zero-order valence-corrected chi connectivity index (χ0v) is 18.9. The molecule has 2 N–H and O–H groups in total. The monoisotopic (exact) mass is 442 g/mol. The minimum atomic E-state index is -4.51. The SMILES string of the molecule is CCNC(=NCc1ccc(OC(C)(C)C)cc1C(F)(F)F)NC1CCN(C(=O)CC)C1. The van der Waals surface area contributed by atoms with E-state index >= 15 is 0 Å². The quantitative estimate of drug-likeness (QED) is 0.517. The number of alkyl halides is 3. The van der Waals surface area contributed by atoms with Crippen LogP contribution in [0.5, 0.6) is 5.75 Å². The molecule has 9 heteroatoms. The minimum Gasteiger partial charge on any atom is -0.488 e. The summed E-state index contributed by atoms with van der Waals surface area (Å²) >= 11 is 0. The fourth-order valence-electron chi connectivity index (χ4n) is 3.38. The Hall–Kier alpha value is -2.45.